The summed E-state index contributed by atoms with van der Waals surface area (Å²) < 4.78 is 0. The Morgan fingerprint density at radius 3 is 1.80 bits per heavy atom. The Morgan fingerprint density at radius 1 is 0.800 bits per heavy atom. The number of rotatable bonds is 8. The van der Waals surface area contributed by atoms with Crippen molar-refractivity contribution in [1.29, 1.82) is 0 Å². The molecular formula is C15H32. The molecule has 0 radical (unpaired) electrons. The summed E-state index contributed by atoms with van der Waals surface area (Å²) in [7, 11) is 0. The Bertz CT molecular complexity index is 137. The lowest BCUT2D eigenvalue weighted by molar-refractivity contribution is 0.261. The van der Waals surface area contributed by atoms with E-state index in [4.69, 9.17) is 0 Å². The van der Waals surface area contributed by atoms with Gasteiger partial charge in [-0.25, -0.2) is 0 Å². The SMILES string of the molecule is CCCC(CC(C)CC(C)CC)C(C)C. The molecule has 0 aliphatic rings. The quantitative estimate of drug-likeness (QED) is 0.497. The van der Waals surface area contributed by atoms with Crippen LogP contribution in [-0.2, 0) is 0 Å². The van der Waals surface area contributed by atoms with Crippen molar-refractivity contribution in [3.63, 3.8) is 0 Å². The van der Waals surface area contributed by atoms with Gasteiger partial charge in [-0.05, 0) is 36.5 Å². The maximum absolute atomic E-state index is 2.44. The van der Waals surface area contributed by atoms with E-state index in [1.54, 1.807) is 0 Å². The molecule has 3 atom stereocenters. The van der Waals surface area contributed by atoms with Gasteiger partial charge in [0.15, 0.2) is 0 Å². The van der Waals surface area contributed by atoms with E-state index in [1.807, 2.05) is 0 Å². The second kappa shape index (κ2) is 8.19. The molecule has 0 nitrogen and oxygen atoms in total. The smallest absolute Gasteiger partial charge is 0.0389 e. The normalized spacial score (nSPS) is 17.8. The molecule has 0 heteroatoms. The van der Waals surface area contributed by atoms with Gasteiger partial charge in [-0.1, -0.05) is 60.8 Å². The van der Waals surface area contributed by atoms with Gasteiger partial charge in [0.05, 0.1) is 0 Å². The molecule has 0 aliphatic heterocycles. The lowest BCUT2D eigenvalue weighted by Gasteiger charge is -2.25. The van der Waals surface area contributed by atoms with Crippen LogP contribution in [-0.4, -0.2) is 0 Å². The fraction of sp³-hybridized carbons (Fsp3) is 1.00. The molecule has 15 heavy (non-hydrogen) atoms. The first kappa shape index (κ1) is 15.0. The molecule has 0 amide bonds. The zero-order chi connectivity index (χ0) is 11.8. The van der Waals surface area contributed by atoms with Crippen molar-refractivity contribution in [1.82, 2.24) is 0 Å². The summed E-state index contributed by atoms with van der Waals surface area (Å²) in [5.74, 6) is 3.65. The minimum Gasteiger partial charge on any atom is -0.0654 e. The third-order valence-corrected chi connectivity index (χ3v) is 3.81. The monoisotopic (exact) mass is 212 g/mol. The molecule has 0 rings (SSSR count). The predicted molar refractivity (Wildman–Crippen MR) is 71.1 cm³/mol. The van der Waals surface area contributed by atoms with Crippen LogP contribution in [0.3, 0.4) is 0 Å². The second-order valence-electron chi connectivity index (χ2n) is 5.88. The van der Waals surface area contributed by atoms with Crippen molar-refractivity contribution in [2.45, 2.75) is 73.6 Å². The predicted octanol–water partition coefficient (Wildman–Crippen LogP) is 5.52. The fourth-order valence-electron chi connectivity index (χ4n) is 2.56. The molecule has 92 valence electrons. The van der Waals surface area contributed by atoms with Crippen LogP contribution in [0.5, 0.6) is 0 Å². The minimum absolute atomic E-state index is 0.865. The van der Waals surface area contributed by atoms with Crippen LogP contribution in [0, 0.1) is 23.7 Å². The van der Waals surface area contributed by atoms with Crippen molar-refractivity contribution in [3.8, 4) is 0 Å². The highest BCUT2D eigenvalue weighted by Gasteiger charge is 2.17. The minimum atomic E-state index is 0.865. The molecule has 0 aromatic rings. The third-order valence-electron chi connectivity index (χ3n) is 3.81. The Morgan fingerprint density at radius 2 is 1.40 bits per heavy atom. The first-order valence-corrected chi connectivity index (χ1v) is 7.01. The van der Waals surface area contributed by atoms with Crippen molar-refractivity contribution in [3.05, 3.63) is 0 Å². The van der Waals surface area contributed by atoms with Gasteiger partial charge in [0, 0.05) is 0 Å². The first-order chi connectivity index (χ1) is 7.01. The van der Waals surface area contributed by atoms with E-state index >= 15 is 0 Å². The van der Waals surface area contributed by atoms with Gasteiger partial charge in [-0.2, -0.15) is 0 Å². The summed E-state index contributed by atoms with van der Waals surface area (Å²) in [6.45, 7) is 14.2. The Hall–Kier alpha value is 0. The highest BCUT2D eigenvalue weighted by molar-refractivity contribution is 4.68. The lowest BCUT2D eigenvalue weighted by atomic mass is 9.81. The topological polar surface area (TPSA) is 0 Å². The Balaban J connectivity index is 3.93. The van der Waals surface area contributed by atoms with Crippen LogP contribution in [0.4, 0.5) is 0 Å². The zero-order valence-electron chi connectivity index (χ0n) is 11.8. The van der Waals surface area contributed by atoms with E-state index in [9.17, 15) is 0 Å². The number of hydrogen-bond donors (Lipinski definition) is 0. The van der Waals surface area contributed by atoms with Crippen LogP contribution in [0.15, 0.2) is 0 Å². The van der Waals surface area contributed by atoms with Gasteiger partial charge in [0.1, 0.15) is 0 Å². The van der Waals surface area contributed by atoms with Gasteiger partial charge >= 0.3 is 0 Å². The Labute approximate surface area is 97.8 Å². The van der Waals surface area contributed by atoms with Gasteiger partial charge in [0.2, 0.25) is 0 Å². The van der Waals surface area contributed by atoms with E-state index < -0.39 is 0 Å². The molecule has 0 spiro atoms. The molecular weight excluding hydrogens is 180 g/mol. The van der Waals surface area contributed by atoms with E-state index in [-0.39, 0.29) is 0 Å². The third kappa shape index (κ3) is 6.98. The van der Waals surface area contributed by atoms with Crippen molar-refractivity contribution in [2.24, 2.45) is 23.7 Å². The molecule has 0 aromatic carbocycles. The molecule has 0 aromatic heterocycles. The van der Waals surface area contributed by atoms with Crippen LogP contribution in [0.25, 0.3) is 0 Å². The van der Waals surface area contributed by atoms with Gasteiger partial charge < -0.3 is 0 Å². The highest BCUT2D eigenvalue weighted by atomic mass is 14.2. The summed E-state index contributed by atoms with van der Waals surface area (Å²) in [6, 6.07) is 0. The largest absolute Gasteiger partial charge is 0.0654 e. The maximum Gasteiger partial charge on any atom is -0.0389 e. The van der Waals surface area contributed by atoms with Gasteiger partial charge in [-0.15, -0.1) is 0 Å². The van der Waals surface area contributed by atoms with Gasteiger partial charge in [-0.3, -0.25) is 0 Å². The average molecular weight is 212 g/mol. The second-order valence-corrected chi connectivity index (χ2v) is 5.88. The van der Waals surface area contributed by atoms with E-state index in [0.29, 0.717) is 0 Å². The van der Waals surface area contributed by atoms with E-state index in [0.717, 1.165) is 23.7 Å². The van der Waals surface area contributed by atoms with Gasteiger partial charge in [0.25, 0.3) is 0 Å². The van der Waals surface area contributed by atoms with Crippen LogP contribution in [0.2, 0.25) is 0 Å². The summed E-state index contributed by atoms with van der Waals surface area (Å²) >= 11 is 0. The molecule has 0 N–H and O–H groups in total. The highest BCUT2D eigenvalue weighted by Crippen LogP contribution is 2.28. The standard InChI is InChI=1S/C15H32/c1-7-9-15(12(3)4)11-14(6)10-13(5)8-2/h12-15H,7-11H2,1-6H3. The zero-order valence-corrected chi connectivity index (χ0v) is 11.8. The summed E-state index contributed by atoms with van der Waals surface area (Å²) in [4.78, 5) is 0. The summed E-state index contributed by atoms with van der Waals surface area (Å²) in [5, 5.41) is 0. The van der Waals surface area contributed by atoms with Crippen LogP contribution >= 0.6 is 0 Å². The Kier molecular flexibility index (Phi) is 8.19. The summed E-state index contributed by atoms with van der Waals surface area (Å²) in [5.41, 5.74) is 0. The van der Waals surface area contributed by atoms with Crippen LogP contribution < -0.4 is 0 Å². The lowest BCUT2D eigenvalue weighted by Crippen LogP contribution is -2.14. The van der Waals surface area contributed by atoms with E-state index in [2.05, 4.69) is 41.5 Å². The average Bonchev–Trinajstić information content (AvgIpc) is 2.16. The molecule has 0 heterocycles. The number of hydrogen-bond acceptors (Lipinski definition) is 0. The van der Waals surface area contributed by atoms with E-state index in [1.165, 1.54) is 32.1 Å². The fourth-order valence-corrected chi connectivity index (χ4v) is 2.56. The first-order valence-electron chi connectivity index (χ1n) is 7.01. The molecule has 0 saturated heterocycles. The molecule has 0 bridgehead atoms. The molecule has 0 fully saturated rings. The maximum atomic E-state index is 2.44. The van der Waals surface area contributed by atoms with Crippen LogP contribution in [0.1, 0.15) is 73.6 Å². The van der Waals surface area contributed by atoms with Crippen molar-refractivity contribution < 1.29 is 0 Å². The molecule has 0 aliphatic carbocycles. The van der Waals surface area contributed by atoms with Crippen molar-refractivity contribution in [2.75, 3.05) is 0 Å². The molecule has 0 saturated carbocycles. The summed E-state index contributed by atoms with van der Waals surface area (Å²) in [6.07, 6.45) is 6.96. The van der Waals surface area contributed by atoms with Crippen molar-refractivity contribution >= 4 is 0 Å². The molecule has 3 unspecified atom stereocenters.